The number of imide groups is 1. The first kappa shape index (κ1) is 55.9. The SMILES string of the molecule is C#CC#CC#CC#CC#CC#CC#CC#CC#CNC(=O)NCCCCCCNC(=O)N(CCCCCCNC(=O)OC[CH2-])C(=O)NCCCCCCNC(=O)OC[CH2-].[Rf].[Rf]. The maximum Gasteiger partial charge on any atom is 0.404 e. The summed E-state index contributed by atoms with van der Waals surface area (Å²) in [6.45, 7) is 9.47. The van der Waals surface area contributed by atoms with E-state index >= 15 is 0 Å². The van der Waals surface area contributed by atoms with E-state index < -0.39 is 30.3 Å². The maximum atomic E-state index is 13.0. The van der Waals surface area contributed by atoms with Gasteiger partial charge in [-0.15, -0.1) is 6.42 Å². The molecule has 0 aromatic rings. The fourth-order valence-corrected chi connectivity index (χ4v) is 4.31. The molecule has 0 aliphatic heterocycles. The number of nitrogens with one attached hydrogen (secondary N) is 6. The summed E-state index contributed by atoms with van der Waals surface area (Å²) in [6.07, 6.45) is 13.1. The number of terminal acetylenes is 1. The molecule has 0 fully saturated rings. The number of carbonyl (C=O) groups excluding carboxylic acids is 5. The minimum atomic E-state index is -0.509. The Bertz CT molecular complexity index is 1910. The first-order chi connectivity index (χ1) is 28.8. The molecule has 0 aliphatic rings. The van der Waals surface area contributed by atoms with E-state index in [1.165, 1.54) is 4.90 Å². The van der Waals surface area contributed by atoms with Gasteiger partial charge in [0, 0.05) is 92.7 Å². The van der Waals surface area contributed by atoms with Crippen molar-refractivity contribution in [3.63, 3.8) is 0 Å². The Morgan fingerprint density at radius 1 is 0.443 bits per heavy atom. The smallest absolute Gasteiger partial charge is 0.404 e. The molecule has 0 aromatic carbocycles. The average molecular weight is 1340 g/mol. The molecule has 0 bridgehead atoms. The van der Waals surface area contributed by atoms with E-state index in [-0.39, 0.29) is 19.8 Å². The van der Waals surface area contributed by atoms with Crippen molar-refractivity contribution in [1.82, 2.24) is 36.8 Å². The van der Waals surface area contributed by atoms with Gasteiger partial charge in [0.15, 0.2) is 0 Å². The molecule has 0 atom stereocenters. The van der Waals surface area contributed by atoms with E-state index in [2.05, 4.69) is 147 Å². The van der Waals surface area contributed by atoms with Crippen molar-refractivity contribution >= 4 is 30.3 Å². The predicted molar refractivity (Wildman–Crippen MR) is 226 cm³/mol. The van der Waals surface area contributed by atoms with Gasteiger partial charge in [-0.25, -0.2) is 28.9 Å². The summed E-state index contributed by atoms with van der Waals surface area (Å²) in [5.74, 6) is 39.0. The number of rotatable bonds is 23. The summed E-state index contributed by atoms with van der Waals surface area (Å²) in [4.78, 5) is 61.8. The molecule has 0 spiro atoms. The number of amides is 8. The molecule has 0 rings (SSSR count). The molecule has 14 nitrogen and oxygen atoms in total. The summed E-state index contributed by atoms with van der Waals surface area (Å²) < 4.78 is 9.45. The van der Waals surface area contributed by atoms with Gasteiger partial charge < -0.3 is 49.9 Å². The van der Waals surface area contributed by atoms with Gasteiger partial charge in [0.2, 0.25) is 0 Å². The molecule has 0 radical (unpaired) electrons. The molecule has 0 unspecified atom stereocenters. The quantitative estimate of drug-likeness (QED) is 0.0393. The molecule has 6 N–H and O–H groups in total. The molecule has 0 aliphatic carbocycles. The third-order valence-corrected chi connectivity index (χ3v) is 7.03. The van der Waals surface area contributed by atoms with E-state index in [0.29, 0.717) is 45.6 Å². The largest absolute Gasteiger partial charge is 0.483 e. The number of ether oxygens (including phenoxy) is 2. The Morgan fingerprint density at radius 3 is 1.15 bits per heavy atom. The normalized spacial score (nSPS) is 8.15. The maximum absolute atomic E-state index is 13.0. The van der Waals surface area contributed by atoms with Crippen LogP contribution in [0.5, 0.6) is 0 Å². The summed E-state index contributed by atoms with van der Waals surface area (Å²) >= 11 is 0. The Kier molecular flexibility index (Phi) is 39.7. The number of nitrogens with zero attached hydrogens (tertiary/aromatic N) is 1. The van der Waals surface area contributed by atoms with Gasteiger partial charge in [0.05, 0.1) is 0 Å². The third kappa shape index (κ3) is 38.7. The molecule has 16 heteroatoms. The molecule has 314 valence electrons. The van der Waals surface area contributed by atoms with Gasteiger partial charge in [-0.1, -0.05) is 38.5 Å². The van der Waals surface area contributed by atoms with E-state index in [0.717, 1.165) is 64.2 Å². The van der Waals surface area contributed by atoms with Crippen LogP contribution in [-0.2, 0) is 9.47 Å². The Balaban J connectivity index is -0.0000168. The van der Waals surface area contributed by atoms with Crippen LogP contribution in [0.25, 0.3) is 0 Å². The zero-order valence-electron chi connectivity index (χ0n) is 34.9. The van der Waals surface area contributed by atoms with E-state index in [1.807, 2.05) is 0 Å². The fraction of sp³-hybridized carbons (Fsp3) is 0.444. The zero-order valence-corrected chi connectivity index (χ0v) is 47.7. The number of hydrogen-bond acceptors (Lipinski definition) is 7. The van der Waals surface area contributed by atoms with E-state index in [4.69, 9.17) is 15.9 Å². The fourth-order valence-electron chi connectivity index (χ4n) is 4.31. The van der Waals surface area contributed by atoms with Gasteiger partial charge in [-0.2, -0.15) is 0 Å². The Hall–Kier alpha value is -9.41. The molecule has 0 saturated carbocycles. The van der Waals surface area contributed by atoms with Gasteiger partial charge in [-0.3, -0.25) is 5.32 Å². The summed E-state index contributed by atoms with van der Waals surface area (Å²) in [5, 5.41) is 16.0. The Labute approximate surface area is 350 Å². The van der Waals surface area contributed by atoms with Crippen LogP contribution in [-0.4, -0.2) is 87.7 Å². The van der Waals surface area contributed by atoms with Crippen molar-refractivity contribution in [3.8, 4) is 107 Å². The van der Waals surface area contributed by atoms with Crippen LogP contribution in [0.1, 0.15) is 77.0 Å². The number of carbonyl (C=O) groups is 5. The third-order valence-electron chi connectivity index (χ3n) is 7.03. The first-order valence-corrected chi connectivity index (χ1v) is 19.1. The van der Waals surface area contributed by atoms with Gasteiger partial charge in [-0.05, 0) is 99.1 Å². The van der Waals surface area contributed by atoms with Crippen molar-refractivity contribution in [2.24, 2.45) is 0 Å². The second-order valence-corrected chi connectivity index (χ2v) is 11.5. The second kappa shape index (κ2) is 43.3. The molecule has 8 amide bonds. The van der Waals surface area contributed by atoms with Gasteiger partial charge >= 0.3 is 30.3 Å². The topological polar surface area (TPSA) is 179 Å². The summed E-state index contributed by atoms with van der Waals surface area (Å²) in [6, 6.07) is 1.04. The van der Waals surface area contributed by atoms with Gasteiger partial charge in [0.25, 0.3) is 0 Å². The number of hydrogen-bond donors (Lipinski definition) is 6. The van der Waals surface area contributed by atoms with Crippen LogP contribution in [0.2, 0.25) is 0 Å². The summed E-state index contributed by atoms with van der Waals surface area (Å²) in [7, 11) is 0. The standard InChI is InChI=1S/C45H51N7O7.2Rf/c1-4-7-8-9-10-11-12-13-14-15-16-17-18-19-20-27-34-46-41(53)47-35-28-21-22-29-36-48-42(54)52(40-33-26-25-32-39-51-45(57)59-6-3)43(55)49-37-30-23-24-31-38-50-44(56)58-5-2;;/h1H,2-3,5-6,21-26,28-33,35-40H2,(H,48,54)(H,49,55)(H,50,56)(H,51,57)(H2,46,47,53);;/q-2;;. The molecule has 0 aromatic heterocycles. The van der Waals surface area contributed by atoms with Crippen LogP contribution in [0.4, 0.5) is 24.0 Å². The molecule has 61 heavy (non-hydrogen) atoms. The molecular weight excluding hydrogens is 1280 g/mol. The minimum absolute atomic E-state index is 0. The minimum Gasteiger partial charge on any atom is -0.483 e. The van der Waals surface area contributed by atoms with Crippen molar-refractivity contribution in [3.05, 3.63) is 13.8 Å². The van der Waals surface area contributed by atoms with Crippen molar-refractivity contribution < 1.29 is 33.4 Å². The molecule has 0 saturated heterocycles. The molecule has 0 heterocycles. The number of urea groups is 3. The van der Waals surface area contributed by atoms with Gasteiger partial charge in [0.1, 0.15) is 0 Å². The predicted octanol–water partition coefficient (Wildman–Crippen LogP) is 3.43. The zero-order chi connectivity index (χ0) is 43.3. The first-order valence-electron chi connectivity index (χ1n) is 19.1. The van der Waals surface area contributed by atoms with Crippen LogP contribution < -0.4 is 31.9 Å². The van der Waals surface area contributed by atoms with Crippen LogP contribution in [0.3, 0.4) is 0 Å². The molecular formula is C45H51N7O7Rf2-2. The summed E-state index contributed by atoms with van der Waals surface area (Å²) in [5.41, 5.74) is 0. The van der Waals surface area contributed by atoms with Crippen LogP contribution in [0, 0.1) is 121 Å². The van der Waals surface area contributed by atoms with Crippen LogP contribution >= 0.6 is 0 Å². The van der Waals surface area contributed by atoms with Crippen molar-refractivity contribution in [1.29, 1.82) is 0 Å². The van der Waals surface area contributed by atoms with E-state index in [1.54, 1.807) is 0 Å². The van der Waals surface area contributed by atoms with Crippen molar-refractivity contribution in [2.75, 3.05) is 52.5 Å². The Morgan fingerprint density at radius 2 is 0.770 bits per heavy atom. The monoisotopic (exact) mass is 1340 g/mol. The number of unbranched alkanes of at least 4 members (excludes halogenated alkanes) is 9. The average Bonchev–Trinajstić information content (AvgIpc) is 3.22. The van der Waals surface area contributed by atoms with Crippen molar-refractivity contribution in [2.45, 2.75) is 77.0 Å². The number of alkyl carbamates (subject to hydrolysis) is 2. The van der Waals surface area contributed by atoms with E-state index in [9.17, 15) is 24.0 Å². The van der Waals surface area contributed by atoms with Crippen LogP contribution in [0.15, 0.2) is 0 Å². The second-order valence-electron chi connectivity index (χ2n) is 11.5.